The third kappa shape index (κ3) is 5.02. The zero-order valence-corrected chi connectivity index (χ0v) is 10.2. The van der Waals surface area contributed by atoms with E-state index in [2.05, 4.69) is 10.1 Å². The first-order valence-electron chi connectivity index (χ1n) is 5.49. The second kappa shape index (κ2) is 6.26. The second-order valence-electron chi connectivity index (χ2n) is 3.62. The summed E-state index contributed by atoms with van der Waals surface area (Å²) in [4.78, 5) is 22.6. The second-order valence-corrected chi connectivity index (χ2v) is 3.62. The minimum absolute atomic E-state index is 0.165. The molecule has 0 spiro atoms. The Balaban J connectivity index is 2.63. The first-order valence-corrected chi connectivity index (χ1v) is 5.49. The van der Waals surface area contributed by atoms with Crippen molar-refractivity contribution in [3.05, 3.63) is 24.0 Å². The fourth-order valence-corrected chi connectivity index (χ4v) is 1.41. The smallest absolute Gasteiger partial charge is 0.406 e. The molecule has 8 heteroatoms. The average Bonchev–Trinajstić information content (AvgIpc) is 2.72. The Morgan fingerprint density at radius 2 is 2.11 bits per heavy atom. The Morgan fingerprint density at radius 3 is 2.68 bits per heavy atom. The van der Waals surface area contributed by atoms with Crippen LogP contribution in [0.25, 0.3) is 0 Å². The number of alkyl halides is 3. The Hall–Kier alpha value is -1.99. The van der Waals surface area contributed by atoms with Gasteiger partial charge in [-0.1, -0.05) is 0 Å². The number of ether oxygens (including phenoxy) is 1. The van der Waals surface area contributed by atoms with E-state index in [4.69, 9.17) is 0 Å². The van der Waals surface area contributed by atoms with E-state index in [-0.39, 0.29) is 18.8 Å². The van der Waals surface area contributed by atoms with E-state index in [1.807, 2.05) is 0 Å². The van der Waals surface area contributed by atoms with Gasteiger partial charge in [-0.05, 0) is 19.1 Å². The molecule has 0 radical (unpaired) electrons. The van der Waals surface area contributed by atoms with Gasteiger partial charge in [-0.2, -0.15) is 13.2 Å². The monoisotopic (exact) mass is 278 g/mol. The van der Waals surface area contributed by atoms with Crippen molar-refractivity contribution in [1.82, 2.24) is 9.88 Å². The summed E-state index contributed by atoms with van der Waals surface area (Å²) in [6, 6.07) is 2.57. The summed E-state index contributed by atoms with van der Waals surface area (Å²) in [7, 11) is 0. The molecule has 0 saturated carbocycles. The van der Waals surface area contributed by atoms with Gasteiger partial charge in [0.2, 0.25) is 0 Å². The standard InChI is InChI=1S/C11H13F3N2O3/c1-2-19-9(17)6-15-10(18)8-4-3-5-16(8)7-11(12,13)14/h3-5H,2,6-7H2,1H3,(H,15,18). The van der Waals surface area contributed by atoms with Crippen molar-refractivity contribution in [2.75, 3.05) is 13.2 Å². The van der Waals surface area contributed by atoms with E-state index < -0.39 is 24.6 Å². The van der Waals surface area contributed by atoms with Gasteiger partial charge in [-0.3, -0.25) is 9.59 Å². The molecule has 0 aromatic carbocycles. The van der Waals surface area contributed by atoms with Gasteiger partial charge < -0.3 is 14.6 Å². The summed E-state index contributed by atoms with van der Waals surface area (Å²) in [5, 5.41) is 2.19. The van der Waals surface area contributed by atoms with Crippen LogP contribution in [-0.4, -0.2) is 35.8 Å². The maximum atomic E-state index is 12.3. The van der Waals surface area contributed by atoms with Gasteiger partial charge in [0.25, 0.3) is 5.91 Å². The third-order valence-electron chi connectivity index (χ3n) is 2.11. The topological polar surface area (TPSA) is 60.3 Å². The normalized spacial score (nSPS) is 11.2. The fraction of sp³-hybridized carbons (Fsp3) is 0.455. The summed E-state index contributed by atoms with van der Waals surface area (Å²) < 4.78 is 42.1. The summed E-state index contributed by atoms with van der Waals surface area (Å²) >= 11 is 0. The number of aromatic nitrogens is 1. The molecule has 1 aromatic rings. The van der Waals surface area contributed by atoms with E-state index >= 15 is 0 Å². The number of nitrogens with one attached hydrogen (secondary N) is 1. The van der Waals surface area contributed by atoms with Crippen LogP contribution in [0, 0.1) is 0 Å². The van der Waals surface area contributed by atoms with Gasteiger partial charge in [0.1, 0.15) is 18.8 Å². The lowest BCUT2D eigenvalue weighted by atomic mass is 10.4. The SMILES string of the molecule is CCOC(=O)CNC(=O)c1cccn1CC(F)(F)F. The van der Waals surface area contributed by atoms with Crippen molar-refractivity contribution in [3.8, 4) is 0 Å². The maximum absolute atomic E-state index is 12.3. The molecule has 19 heavy (non-hydrogen) atoms. The first kappa shape index (κ1) is 15.1. The van der Waals surface area contributed by atoms with E-state index in [1.54, 1.807) is 6.92 Å². The van der Waals surface area contributed by atoms with Crippen molar-refractivity contribution in [2.24, 2.45) is 0 Å². The summed E-state index contributed by atoms with van der Waals surface area (Å²) in [6.45, 7) is 0.124. The molecule has 5 nitrogen and oxygen atoms in total. The summed E-state index contributed by atoms with van der Waals surface area (Å²) in [5.74, 6) is -1.41. The number of amides is 1. The van der Waals surface area contributed by atoms with Crippen molar-refractivity contribution in [1.29, 1.82) is 0 Å². The predicted octanol–water partition coefficient (Wildman–Crippen LogP) is 1.34. The molecule has 1 N–H and O–H groups in total. The molecular weight excluding hydrogens is 265 g/mol. The lowest BCUT2D eigenvalue weighted by Crippen LogP contribution is -2.32. The average molecular weight is 278 g/mol. The first-order chi connectivity index (χ1) is 8.83. The van der Waals surface area contributed by atoms with Crippen LogP contribution in [0.5, 0.6) is 0 Å². The summed E-state index contributed by atoms with van der Waals surface area (Å²) in [5.41, 5.74) is -0.165. The molecule has 1 amide bonds. The van der Waals surface area contributed by atoms with Crippen molar-refractivity contribution in [2.45, 2.75) is 19.6 Å². The van der Waals surface area contributed by atoms with Gasteiger partial charge in [0.05, 0.1) is 6.61 Å². The van der Waals surface area contributed by atoms with Gasteiger partial charge in [0.15, 0.2) is 0 Å². The Morgan fingerprint density at radius 1 is 1.42 bits per heavy atom. The van der Waals surface area contributed by atoms with Crippen LogP contribution in [0.4, 0.5) is 13.2 Å². The van der Waals surface area contributed by atoms with Crippen molar-refractivity contribution in [3.63, 3.8) is 0 Å². The van der Waals surface area contributed by atoms with Gasteiger partial charge >= 0.3 is 12.1 Å². The third-order valence-corrected chi connectivity index (χ3v) is 2.11. The number of carbonyl (C=O) groups is 2. The molecule has 106 valence electrons. The zero-order valence-electron chi connectivity index (χ0n) is 10.2. The van der Waals surface area contributed by atoms with E-state index in [0.717, 1.165) is 10.8 Å². The van der Waals surface area contributed by atoms with Gasteiger partial charge in [-0.25, -0.2) is 0 Å². The molecule has 0 aliphatic heterocycles. The van der Waals surface area contributed by atoms with Crippen LogP contribution in [0.15, 0.2) is 18.3 Å². The lowest BCUT2D eigenvalue weighted by molar-refractivity contribution is -0.142. The predicted molar refractivity (Wildman–Crippen MR) is 59.5 cm³/mol. The Bertz CT molecular complexity index is 454. The Kier molecular flexibility index (Phi) is 4.96. The molecule has 0 aliphatic rings. The largest absolute Gasteiger partial charge is 0.465 e. The van der Waals surface area contributed by atoms with Crippen molar-refractivity contribution >= 4 is 11.9 Å². The number of halogens is 3. The molecule has 1 rings (SSSR count). The Labute approximate surface area is 107 Å². The van der Waals surface area contributed by atoms with Crippen LogP contribution in [-0.2, 0) is 16.1 Å². The van der Waals surface area contributed by atoms with Gasteiger partial charge in [0, 0.05) is 6.20 Å². The number of rotatable bonds is 5. The maximum Gasteiger partial charge on any atom is 0.406 e. The van der Waals surface area contributed by atoms with Crippen LogP contribution in [0.3, 0.4) is 0 Å². The summed E-state index contributed by atoms with van der Waals surface area (Å²) in [6.07, 6.45) is -3.28. The molecule has 0 fully saturated rings. The molecule has 0 atom stereocenters. The molecular formula is C11H13F3N2O3. The number of hydrogen-bond donors (Lipinski definition) is 1. The van der Waals surface area contributed by atoms with Crippen LogP contribution < -0.4 is 5.32 Å². The molecule has 1 aromatic heterocycles. The van der Waals surface area contributed by atoms with Crippen LogP contribution in [0.2, 0.25) is 0 Å². The molecule has 1 heterocycles. The van der Waals surface area contributed by atoms with Crippen LogP contribution >= 0.6 is 0 Å². The highest BCUT2D eigenvalue weighted by Gasteiger charge is 2.29. The van der Waals surface area contributed by atoms with E-state index in [1.165, 1.54) is 12.1 Å². The number of esters is 1. The van der Waals surface area contributed by atoms with Gasteiger partial charge in [-0.15, -0.1) is 0 Å². The minimum atomic E-state index is -4.42. The number of hydrogen-bond acceptors (Lipinski definition) is 3. The lowest BCUT2D eigenvalue weighted by Gasteiger charge is -2.11. The van der Waals surface area contributed by atoms with E-state index in [9.17, 15) is 22.8 Å². The number of carbonyl (C=O) groups excluding carboxylic acids is 2. The molecule has 0 aliphatic carbocycles. The fourth-order valence-electron chi connectivity index (χ4n) is 1.41. The zero-order chi connectivity index (χ0) is 14.5. The minimum Gasteiger partial charge on any atom is -0.465 e. The molecule has 0 saturated heterocycles. The molecule has 0 unspecified atom stereocenters. The van der Waals surface area contributed by atoms with Crippen LogP contribution in [0.1, 0.15) is 17.4 Å². The highest BCUT2D eigenvalue weighted by atomic mass is 19.4. The quantitative estimate of drug-likeness (QED) is 0.827. The van der Waals surface area contributed by atoms with E-state index in [0.29, 0.717) is 0 Å². The highest BCUT2D eigenvalue weighted by molar-refractivity contribution is 5.94. The molecule has 0 bridgehead atoms. The van der Waals surface area contributed by atoms with Crippen molar-refractivity contribution < 1.29 is 27.5 Å². The number of nitrogens with zero attached hydrogens (tertiary/aromatic N) is 1. The highest BCUT2D eigenvalue weighted by Crippen LogP contribution is 2.18.